The number of carbonyl (C=O) groups excluding carboxylic acids is 1. The number of aryl methyl sites for hydroxylation is 2. The van der Waals surface area contributed by atoms with Gasteiger partial charge in [0.2, 0.25) is 5.91 Å². The molecule has 0 bridgehead atoms. The number of ether oxygens (including phenoxy) is 1. The molecule has 26 heavy (non-hydrogen) atoms. The lowest BCUT2D eigenvalue weighted by Crippen LogP contribution is -2.40. The minimum absolute atomic E-state index is 0.124. The van der Waals surface area contributed by atoms with E-state index in [1.807, 2.05) is 37.8 Å². The molecule has 1 amide bonds. The fraction of sp³-hybridized carbons (Fsp3) is 0.300. The van der Waals surface area contributed by atoms with Crippen molar-refractivity contribution in [2.45, 2.75) is 20.8 Å². The van der Waals surface area contributed by atoms with E-state index >= 15 is 0 Å². The number of nitrogens with one attached hydrogen (secondary N) is 2. The molecule has 2 rings (SSSR count). The van der Waals surface area contributed by atoms with Gasteiger partial charge in [-0.1, -0.05) is 6.07 Å². The fourth-order valence-corrected chi connectivity index (χ4v) is 2.94. The SMILES string of the molecule is CCN(CC(=O)Nc1ccc(OC)cc1)C(=S)Nc1cc(C)cc(C)c1. The van der Waals surface area contributed by atoms with Crippen molar-refractivity contribution in [2.24, 2.45) is 0 Å². The predicted molar refractivity (Wildman–Crippen MR) is 111 cm³/mol. The standard InChI is InChI=1S/C20H25N3O2S/c1-5-23(20(26)22-17-11-14(2)10-15(3)12-17)13-19(24)21-16-6-8-18(25-4)9-7-16/h6-12H,5,13H2,1-4H3,(H,21,24)(H,22,26). The Morgan fingerprint density at radius 3 is 2.19 bits per heavy atom. The van der Waals surface area contributed by atoms with Gasteiger partial charge in [-0.3, -0.25) is 4.79 Å². The zero-order chi connectivity index (χ0) is 19.1. The number of amides is 1. The number of nitrogens with zero attached hydrogens (tertiary/aromatic N) is 1. The molecule has 0 fully saturated rings. The Hall–Kier alpha value is -2.60. The van der Waals surface area contributed by atoms with Gasteiger partial charge < -0.3 is 20.3 Å². The molecule has 138 valence electrons. The number of likely N-dealkylation sites (N-methyl/N-ethyl adjacent to an activating group) is 1. The average Bonchev–Trinajstić information content (AvgIpc) is 2.59. The van der Waals surface area contributed by atoms with E-state index < -0.39 is 0 Å². The maximum absolute atomic E-state index is 12.3. The van der Waals surface area contributed by atoms with Crippen LogP contribution in [0, 0.1) is 13.8 Å². The molecular formula is C20H25N3O2S. The van der Waals surface area contributed by atoms with Crippen LogP contribution in [-0.4, -0.2) is 36.1 Å². The molecule has 0 aliphatic heterocycles. The summed E-state index contributed by atoms with van der Waals surface area (Å²) in [5, 5.41) is 6.62. The number of thiocarbonyl (C=S) groups is 1. The molecule has 2 N–H and O–H groups in total. The largest absolute Gasteiger partial charge is 0.497 e. The van der Waals surface area contributed by atoms with Crippen LogP contribution in [0.2, 0.25) is 0 Å². The van der Waals surface area contributed by atoms with Gasteiger partial charge in [0.25, 0.3) is 0 Å². The number of anilines is 2. The van der Waals surface area contributed by atoms with Gasteiger partial charge >= 0.3 is 0 Å². The third-order valence-corrected chi connectivity index (χ3v) is 4.21. The van der Waals surface area contributed by atoms with Gasteiger partial charge in [-0.05, 0) is 80.5 Å². The van der Waals surface area contributed by atoms with Gasteiger partial charge in [-0.25, -0.2) is 0 Å². The highest BCUT2D eigenvalue weighted by Crippen LogP contribution is 2.16. The first-order valence-corrected chi connectivity index (χ1v) is 8.90. The lowest BCUT2D eigenvalue weighted by Gasteiger charge is -2.24. The Morgan fingerprint density at radius 1 is 1.04 bits per heavy atom. The minimum atomic E-state index is -0.124. The molecule has 6 heteroatoms. The van der Waals surface area contributed by atoms with Crippen molar-refractivity contribution >= 4 is 34.6 Å². The van der Waals surface area contributed by atoms with Gasteiger partial charge in [-0.2, -0.15) is 0 Å². The summed E-state index contributed by atoms with van der Waals surface area (Å²) in [6.45, 7) is 6.87. The summed E-state index contributed by atoms with van der Waals surface area (Å²) in [6, 6.07) is 13.4. The summed E-state index contributed by atoms with van der Waals surface area (Å²) in [5.41, 5.74) is 3.98. The summed E-state index contributed by atoms with van der Waals surface area (Å²) in [7, 11) is 1.61. The number of rotatable bonds is 6. The highest BCUT2D eigenvalue weighted by atomic mass is 32.1. The maximum Gasteiger partial charge on any atom is 0.243 e. The first-order chi connectivity index (χ1) is 12.4. The quantitative estimate of drug-likeness (QED) is 0.753. The molecule has 0 unspecified atom stereocenters. The van der Waals surface area contributed by atoms with Gasteiger partial charge in [0.15, 0.2) is 5.11 Å². The third-order valence-electron chi connectivity index (χ3n) is 3.85. The Kier molecular flexibility index (Phi) is 6.97. The van der Waals surface area contributed by atoms with E-state index in [-0.39, 0.29) is 12.5 Å². The molecule has 2 aromatic rings. The Balaban J connectivity index is 1.95. The molecule has 0 aliphatic carbocycles. The van der Waals surface area contributed by atoms with Crippen LogP contribution in [0.15, 0.2) is 42.5 Å². The molecule has 0 spiro atoms. The molecule has 0 radical (unpaired) electrons. The fourth-order valence-electron chi connectivity index (χ4n) is 2.62. The van der Waals surface area contributed by atoms with Crippen molar-refractivity contribution in [2.75, 3.05) is 30.8 Å². The molecule has 0 saturated carbocycles. The van der Waals surface area contributed by atoms with E-state index in [9.17, 15) is 4.79 Å². The number of hydrogen-bond acceptors (Lipinski definition) is 3. The van der Waals surface area contributed by atoms with E-state index in [1.165, 1.54) is 0 Å². The van der Waals surface area contributed by atoms with Crippen molar-refractivity contribution < 1.29 is 9.53 Å². The number of hydrogen-bond donors (Lipinski definition) is 2. The lowest BCUT2D eigenvalue weighted by atomic mass is 10.1. The van der Waals surface area contributed by atoms with Gasteiger partial charge in [-0.15, -0.1) is 0 Å². The molecule has 0 atom stereocenters. The smallest absolute Gasteiger partial charge is 0.243 e. The molecule has 0 saturated heterocycles. The topological polar surface area (TPSA) is 53.6 Å². The van der Waals surface area contributed by atoms with Crippen molar-refractivity contribution in [1.82, 2.24) is 4.90 Å². The molecule has 0 heterocycles. The second kappa shape index (κ2) is 9.20. The van der Waals surface area contributed by atoms with E-state index in [0.717, 1.165) is 28.3 Å². The highest BCUT2D eigenvalue weighted by molar-refractivity contribution is 7.80. The Bertz CT molecular complexity index is 755. The maximum atomic E-state index is 12.3. The summed E-state index contributed by atoms with van der Waals surface area (Å²) in [5.74, 6) is 0.624. The Morgan fingerprint density at radius 2 is 1.65 bits per heavy atom. The van der Waals surface area contributed by atoms with Crippen molar-refractivity contribution in [3.8, 4) is 5.75 Å². The summed E-state index contributed by atoms with van der Waals surface area (Å²) < 4.78 is 5.11. The summed E-state index contributed by atoms with van der Waals surface area (Å²) in [6.07, 6.45) is 0. The normalized spacial score (nSPS) is 10.2. The van der Waals surface area contributed by atoms with E-state index in [4.69, 9.17) is 17.0 Å². The van der Waals surface area contributed by atoms with Crippen molar-refractivity contribution in [3.05, 3.63) is 53.6 Å². The van der Waals surface area contributed by atoms with Crippen LogP contribution in [0.25, 0.3) is 0 Å². The molecule has 0 aliphatic rings. The Labute approximate surface area is 160 Å². The lowest BCUT2D eigenvalue weighted by molar-refractivity contribution is -0.116. The number of benzene rings is 2. The second-order valence-corrected chi connectivity index (χ2v) is 6.48. The van der Waals surface area contributed by atoms with Crippen molar-refractivity contribution in [1.29, 1.82) is 0 Å². The van der Waals surface area contributed by atoms with E-state index in [2.05, 4.69) is 16.7 Å². The van der Waals surface area contributed by atoms with Crippen LogP contribution in [0.5, 0.6) is 5.75 Å². The zero-order valence-corrected chi connectivity index (χ0v) is 16.4. The highest BCUT2D eigenvalue weighted by Gasteiger charge is 2.13. The molecular weight excluding hydrogens is 346 g/mol. The summed E-state index contributed by atoms with van der Waals surface area (Å²) >= 11 is 5.48. The minimum Gasteiger partial charge on any atom is -0.497 e. The number of methoxy groups -OCH3 is 1. The van der Waals surface area contributed by atoms with Crippen LogP contribution < -0.4 is 15.4 Å². The number of carbonyl (C=O) groups is 1. The first kappa shape index (κ1) is 19.7. The molecule has 5 nitrogen and oxygen atoms in total. The average molecular weight is 372 g/mol. The predicted octanol–water partition coefficient (Wildman–Crippen LogP) is 3.97. The van der Waals surface area contributed by atoms with Crippen LogP contribution in [0.1, 0.15) is 18.1 Å². The third kappa shape index (κ3) is 5.74. The first-order valence-electron chi connectivity index (χ1n) is 8.49. The van der Waals surface area contributed by atoms with Crippen LogP contribution in [0.4, 0.5) is 11.4 Å². The summed E-state index contributed by atoms with van der Waals surface area (Å²) in [4.78, 5) is 14.2. The van der Waals surface area contributed by atoms with Gasteiger partial charge in [0.1, 0.15) is 5.75 Å². The van der Waals surface area contributed by atoms with Crippen LogP contribution >= 0.6 is 12.2 Å². The van der Waals surface area contributed by atoms with Crippen molar-refractivity contribution in [3.63, 3.8) is 0 Å². The van der Waals surface area contributed by atoms with Crippen LogP contribution in [0.3, 0.4) is 0 Å². The van der Waals surface area contributed by atoms with E-state index in [0.29, 0.717) is 11.7 Å². The molecule has 2 aromatic carbocycles. The zero-order valence-electron chi connectivity index (χ0n) is 15.6. The van der Waals surface area contributed by atoms with Crippen LogP contribution in [-0.2, 0) is 4.79 Å². The second-order valence-electron chi connectivity index (χ2n) is 6.10. The monoisotopic (exact) mass is 371 g/mol. The van der Waals surface area contributed by atoms with Gasteiger partial charge in [0, 0.05) is 17.9 Å². The molecule has 0 aromatic heterocycles. The van der Waals surface area contributed by atoms with E-state index in [1.54, 1.807) is 31.4 Å². The van der Waals surface area contributed by atoms with Gasteiger partial charge in [0.05, 0.1) is 13.7 Å².